The number of nitrogens with zero attached hydrogens (tertiary/aromatic N) is 1. The van der Waals surface area contributed by atoms with Crippen molar-refractivity contribution in [2.24, 2.45) is 0 Å². The average molecular weight is 281 g/mol. The van der Waals surface area contributed by atoms with Crippen LogP contribution in [0.15, 0.2) is 36.4 Å². The Labute approximate surface area is 122 Å². The van der Waals surface area contributed by atoms with Crippen molar-refractivity contribution in [2.45, 2.75) is 32.1 Å². The summed E-state index contributed by atoms with van der Waals surface area (Å²) in [6.07, 6.45) is 0.0518. The van der Waals surface area contributed by atoms with Crippen LogP contribution in [-0.4, -0.2) is 35.0 Å². The minimum atomic E-state index is -0.247. The second-order valence-corrected chi connectivity index (χ2v) is 5.74. The molecular weight excluding hydrogens is 266 g/mol. The molecule has 0 aliphatic carbocycles. The molecule has 2 aromatic rings. The summed E-state index contributed by atoms with van der Waals surface area (Å²) >= 11 is 0. The van der Waals surface area contributed by atoms with E-state index in [-0.39, 0.29) is 30.1 Å². The van der Waals surface area contributed by atoms with E-state index in [4.69, 9.17) is 4.74 Å². The van der Waals surface area contributed by atoms with Crippen LogP contribution in [0.4, 0.5) is 0 Å². The molecule has 2 aliphatic rings. The van der Waals surface area contributed by atoms with E-state index in [2.05, 4.69) is 0 Å². The summed E-state index contributed by atoms with van der Waals surface area (Å²) in [7, 11) is 0. The average Bonchev–Trinajstić information content (AvgIpc) is 3.21. The molecule has 4 heteroatoms. The molecule has 0 radical (unpaired) electrons. The van der Waals surface area contributed by atoms with Gasteiger partial charge in [-0.25, -0.2) is 0 Å². The number of carbonyl (C=O) groups excluding carboxylic acids is 2. The van der Waals surface area contributed by atoms with Gasteiger partial charge in [-0.3, -0.25) is 14.5 Å². The Balaban J connectivity index is 1.89. The third-order valence-corrected chi connectivity index (χ3v) is 4.44. The van der Waals surface area contributed by atoms with Gasteiger partial charge in [0, 0.05) is 16.5 Å². The summed E-state index contributed by atoms with van der Waals surface area (Å²) in [4.78, 5) is 26.8. The molecule has 106 valence electrons. The maximum absolute atomic E-state index is 12.7. The van der Waals surface area contributed by atoms with Crippen LogP contribution in [0.1, 0.15) is 34.6 Å². The molecule has 2 aliphatic heterocycles. The second-order valence-electron chi connectivity index (χ2n) is 5.74. The van der Waals surface area contributed by atoms with E-state index in [1.54, 1.807) is 12.1 Å². The fourth-order valence-electron chi connectivity index (χ4n) is 3.27. The van der Waals surface area contributed by atoms with Gasteiger partial charge in [-0.2, -0.15) is 0 Å². The molecule has 2 amide bonds. The van der Waals surface area contributed by atoms with Crippen molar-refractivity contribution < 1.29 is 14.3 Å². The lowest BCUT2D eigenvalue weighted by molar-refractivity contribution is 0.0526. The highest BCUT2D eigenvalue weighted by Crippen LogP contribution is 2.35. The van der Waals surface area contributed by atoms with Crippen molar-refractivity contribution in [1.29, 1.82) is 0 Å². The maximum Gasteiger partial charge on any atom is 0.261 e. The quantitative estimate of drug-likeness (QED) is 0.628. The minimum Gasteiger partial charge on any atom is -0.368 e. The number of imide groups is 1. The lowest BCUT2D eigenvalue weighted by Crippen LogP contribution is -2.48. The van der Waals surface area contributed by atoms with Gasteiger partial charge in [-0.05, 0) is 31.4 Å². The van der Waals surface area contributed by atoms with Crippen LogP contribution in [0.5, 0.6) is 0 Å². The van der Waals surface area contributed by atoms with E-state index in [9.17, 15) is 9.59 Å². The first-order valence-electron chi connectivity index (χ1n) is 7.14. The van der Waals surface area contributed by atoms with Crippen LogP contribution in [0, 0.1) is 0 Å². The second kappa shape index (κ2) is 4.15. The zero-order chi connectivity index (χ0) is 14.7. The van der Waals surface area contributed by atoms with Crippen molar-refractivity contribution in [2.75, 3.05) is 0 Å². The lowest BCUT2D eigenvalue weighted by Gasteiger charge is -2.31. The van der Waals surface area contributed by atoms with Crippen LogP contribution < -0.4 is 0 Å². The fourth-order valence-corrected chi connectivity index (χ4v) is 3.27. The molecule has 0 spiro atoms. The summed E-state index contributed by atoms with van der Waals surface area (Å²) in [5.41, 5.74) is 1.20. The van der Waals surface area contributed by atoms with E-state index in [1.807, 2.05) is 38.1 Å². The van der Waals surface area contributed by atoms with Gasteiger partial charge in [0.25, 0.3) is 11.8 Å². The van der Waals surface area contributed by atoms with Crippen LogP contribution in [0.2, 0.25) is 0 Å². The smallest absolute Gasteiger partial charge is 0.261 e. The summed E-state index contributed by atoms with van der Waals surface area (Å²) in [6, 6.07) is 10.9. The normalized spacial score (nSPS) is 25.3. The van der Waals surface area contributed by atoms with Gasteiger partial charge >= 0.3 is 0 Å². The predicted molar refractivity (Wildman–Crippen MR) is 78.2 cm³/mol. The third-order valence-electron chi connectivity index (χ3n) is 4.44. The number of amides is 2. The number of epoxide rings is 1. The van der Waals surface area contributed by atoms with Crippen LogP contribution >= 0.6 is 0 Å². The molecule has 3 atom stereocenters. The molecule has 0 saturated carbocycles. The topological polar surface area (TPSA) is 49.9 Å². The molecule has 1 fully saturated rings. The van der Waals surface area contributed by atoms with E-state index in [0.717, 1.165) is 10.8 Å². The van der Waals surface area contributed by atoms with Gasteiger partial charge in [0.05, 0.1) is 12.1 Å². The molecule has 1 saturated heterocycles. The zero-order valence-electron chi connectivity index (χ0n) is 11.9. The Kier molecular flexibility index (Phi) is 2.48. The summed E-state index contributed by atoms with van der Waals surface area (Å²) in [5, 5.41) is 1.69. The third kappa shape index (κ3) is 1.66. The van der Waals surface area contributed by atoms with Crippen molar-refractivity contribution in [3.05, 3.63) is 47.5 Å². The number of carbonyl (C=O) groups is 2. The molecule has 0 N–H and O–H groups in total. The molecule has 0 bridgehead atoms. The zero-order valence-corrected chi connectivity index (χ0v) is 11.9. The number of hydrogen-bond acceptors (Lipinski definition) is 3. The van der Waals surface area contributed by atoms with Gasteiger partial charge in [0.15, 0.2) is 0 Å². The molecule has 4 nitrogen and oxygen atoms in total. The van der Waals surface area contributed by atoms with Gasteiger partial charge in [-0.15, -0.1) is 0 Å². The first-order chi connectivity index (χ1) is 10.1. The van der Waals surface area contributed by atoms with E-state index in [0.29, 0.717) is 11.1 Å². The minimum absolute atomic E-state index is 0.0534. The van der Waals surface area contributed by atoms with E-state index < -0.39 is 0 Å². The number of ether oxygens (including phenoxy) is 1. The molecule has 2 heterocycles. The van der Waals surface area contributed by atoms with Crippen LogP contribution in [0.25, 0.3) is 10.8 Å². The Morgan fingerprint density at radius 1 is 1.05 bits per heavy atom. The SMILES string of the molecule is CC1OC1C(C)N1C(=O)c2cccc3cccc(c23)C1=O. The summed E-state index contributed by atoms with van der Waals surface area (Å²) in [5.74, 6) is -0.445. The first kappa shape index (κ1) is 12.5. The standard InChI is InChI=1S/C17H15NO3/c1-9(15-10(2)21-15)18-16(19)12-7-3-5-11-6-4-8-13(14(11)12)17(18)20/h3-10,15H,1-2H3. The maximum atomic E-state index is 12.7. The highest BCUT2D eigenvalue weighted by atomic mass is 16.6. The van der Waals surface area contributed by atoms with Crippen molar-refractivity contribution >= 4 is 22.6 Å². The van der Waals surface area contributed by atoms with E-state index in [1.165, 1.54) is 4.90 Å². The monoisotopic (exact) mass is 281 g/mol. The number of hydrogen-bond donors (Lipinski definition) is 0. The van der Waals surface area contributed by atoms with Crippen LogP contribution in [0.3, 0.4) is 0 Å². The Hall–Kier alpha value is -2.20. The van der Waals surface area contributed by atoms with Crippen molar-refractivity contribution in [1.82, 2.24) is 4.90 Å². The Bertz CT molecular complexity index is 732. The number of benzene rings is 2. The van der Waals surface area contributed by atoms with E-state index >= 15 is 0 Å². The van der Waals surface area contributed by atoms with Gasteiger partial charge in [0.2, 0.25) is 0 Å². The number of rotatable bonds is 2. The molecule has 4 rings (SSSR count). The van der Waals surface area contributed by atoms with Gasteiger partial charge in [0.1, 0.15) is 6.10 Å². The molecule has 3 unspecified atom stereocenters. The van der Waals surface area contributed by atoms with Gasteiger partial charge < -0.3 is 4.74 Å². The van der Waals surface area contributed by atoms with Crippen molar-refractivity contribution in [3.8, 4) is 0 Å². The summed E-state index contributed by atoms with van der Waals surface area (Å²) in [6.45, 7) is 3.83. The summed E-state index contributed by atoms with van der Waals surface area (Å²) < 4.78 is 5.44. The highest BCUT2D eigenvalue weighted by Gasteiger charge is 2.47. The largest absolute Gasteiger partial charge is 0.368 e. The first-order valence-corrected chi connectivity index (χ1v) is 7.14. The van der Waals surface area contributed by atoms with Crippen molar-refractivity contribution in [3.63, 3.8) is 0 Å². The van der Waals surface area contributed by atoms with Crippen LogP contribution in [-0.2, 0) is 4.74 Å². The van der Waals surface area contributed by atoms with Gasteiger partial charge in [-0.1, -0.05) is 24.3 Å². The molecule has 21 heavy (non-hydrogen) atoms. The fraction of sp³-hybridized carbons (Fsp3) is 0.294. The molecular formula is C17H15NO3. The Morgan fingerprint density at radius 3 is 2.05 bits per heavy atom. The molecule has 0 aromatic heterocycles. The highest BCUT2D eigenvalue weighted by molar-refractivity contribution is 6.25. The molecule has 2 aromatic carbocycles. The Morgan fingerprint density at radius 2 is 1.57 bits per heavy atom. The predicted octanol–water partition coefficient (Wildman–Crippen LogP) is 2.61. The lowest BCUT2D eigenvalue weighted by atomic mass is 9.93.